The molecule has 3 aromatic rings. The van der Waals surface area contributed by atoms with Gasteiger partial charge in [-0.3, -0.25) is 0 Å². The molecule has 0 bridgehead atoms. The molecular weight excluding hydrogens is 378 g/mol. The van der Waals surface area contributed by atoms with E-state index in [0.717, 1.165) is 20.6 Å². The van der Waals surface area contributed by atoms with Gasteiger partial charge in [0, 0.05) is 7.05 Å². The lowest BCUT2D eigenvalue weighted by Gasteiger charge is -2.05. The van der Waals surface area contributed by atoms with Gasteiger partial charge in [-0.15, -0.1) is 5.10 Å². The van der Waals surface area contributed by atoms with E-state index in [1.165, 1.54) is 7.11 Å². The molecule has 1 heterocycles. The van der Waals surface area contributed by atoms with E-state index in [1.807, 2.05) is 23.7 Å². The minimum absolute atomic E-state index is 0.0671. The summed E-state index contributed by atoms with van der Waals surface area (Å²) in [6.45, 7) is 0. The van der Waals surface area contributed by atoms with Crippen molar-refractivity contribution < 1.29 is 9.84 Å². The maximum atomic E-state index is 9.80. The third-order valence-corrected chi connectivity index (χ3v) is 5.04. The lowest BCUT2D eigenvalue weighted by atomic mass is 10.2. The third kappa shape index (κ3) is 3.16. The monoisotopic (exact) mass is 391 g/mol. The van der Waals surface area contributed by atoms with Crippen LogP contribution in [0.4, 0.5) is 0 Å². The number of methoxy groups -OCH3 is 1. The molecule has 23 heavy (non-hydrogen) atoms. The van der Waals surface area contributed by atoms with Crippen molar-refractivity contribution >= 4 is 43.7 Å². The largest absolute Gasteiger partial charge is 0.503 e. The van der Waals surface area contributed by atoms with E-state index in [9.17, 15) is 5.11 Å². The normalized spacial score (nSPS) is 12.4. The van der Waals surface area contributed by atoms with Gasteiger partial charge >= 0.3 is 0 Å². The van der Waals surface area contributed by atoms with Crippen molar-refractivity contribution in [2.75, 3.05) is 7.11 Å². The van der Waals surface area contributed by atoms with Crippen LogP contribution in [0.5, 0.6) is 11.5 Å². The number of fused-ring (bicyclic) bond motifs is 1. The van der Waals surface area contributed by atoms with Gasteiger partial charge in [-0.25, -0.2) is 0 Å². The molecular formula is C16H14BrN3O2S. The molecule has 1 N–H and O–H groups in total. The number of aryl methyl sites for hydroxylation is 1. The van der Waals surface area contributed by atoms with Gasteiger partial charge in [-0.05, 0) is 45.8 Å². The van der Waals surface area contributed by atoms with E-state index in [-0.39, 0.29) is 5.75 Å². The Balaban J connectivity index is 1.96. The number of nitrogens with zero attached hydrogens (tertiary/aromatic N) is 3. The van der Waals surface area contributed by atoms with E-state index in [4.69, 9.17) is 4.74 Å². The predicted molar refractivity (Wildman–Crippen MR) is 96.3 cm³/mol. The quantitative estimate of drug-likeness (QED) is 0.547. The summed E-state index contributed by atoms with van der Waals surface area (Å²) in [6.07, 6.45) is 1.62. The minimum atomic E-state index is 0.0671. The number of para-hydroxylation sites is 1. The van der Waals surface area contributed by atoms with Gasteiger partial charge in [0.15, 0.2) is 11.5 Å². The van der Waals surface area contributed by atoms with E-state index in [2.05, 4.69) is 38.3 Å². The van der Waals surface area contributed by atoms with Crippen molar-refractivity contribution in [3.05, 3.63) is 51.2 Å². The number of benzene rings is 2. The predicted octanol–water partition coefficient (Wildman–Crippen LogP) is 3.65. The molecule has 0 aliphatic rings. The number of aromatic nitrogens is 1. The fraction of sp³-hybridized carbons (Fsp3) is 0.125. The number of rotatable bonds is 3. The van der Waals surface area contributed by atoms with Crippen molar-refractivity contribution in [3.8, 4) is 11.5 Å². The van der Waals surface area contributed by atoms with E-state index in [0.29, 0.717) is 10.2 Å². The number of hydrogen-bond acceptors (Lipinski definition) is 5. The second-order valence-corrected chi connectivity index (χ2v) is 6.67. The standard InChI is InChI=1S/C16H14BrN3O2S/c1-20-12-5-3-4-6-14(12)23-16(20)19-18-9-10-7-11(17)15(21)13(8-10)22-2/h3-9,21H,1-2H3/b18-9+,19-16+. The van der Waals surface area contributed by atoms with Crippen molar-refractivity contribution in [1.29, 1.82) is 0 Å². The summed E-state index contributed by atoms with van der Waals surface area (Å²) in [6, 6.07) is 11.6. The minimum Gasteiger partial charge on any atom is -0.503 e. The number of aromatic hydroxyl groups is 1. The Kier molecular flexibility index (Phi) is 4.49. The van der Waals surface area contributed by atoms with Crippen LogP contribution in [0.25, 0.3) is 10.2 Å². The summed E-state index contributed by atoms with van der Waals surface area (Å²) in [4.78, 5) is 0.812. The summed E-state index contributed by atoms with van der Waals surface area (Å²) < 4.78 is 8.83. The van der Waals surface area contributed by atoms with Crippen LogP contribution in [-0.4, -0.2) is 23.0 Å². The Morgan fingerprint density at radius 1 is 1.30 bits per heavy atom. The molecule has 0 saturated heterocycles. The molecule has 0 fully saturated rings. The van der Waals surface area contributed by atoms with Crippen LogP contribution in [0.1, 0.15) is 5.56 Å². The molecule has 3 rings (SSSR count). The number of phenols is 1. The van der Waals surface area contributed by atoms with Crippen LogP contribution in [0.15, 0.2) is 51.1 Å². The van der Waals surface area contributed by atoms with Crippen LogP contribution >= 0.6 is 27.3 Å². The SMILES string of the molecule is COc1cc(/C=N/N=c2/sc3ccccc3n2C)cc(Br)c1O. The average molecular weight is 392 g/mol. The van der Waals surface area contributed by atoms with Crippen molar-refractivity contribution in [3.63, 3.8) is 0 Å². The number of halogens is 1. The molecule has 5 nitrogen and oxygen atoms in total. The average Bonchev–Trinajstić information content (AvgIpc) is 2.87. The second-order valence-electron chi connectivity index (χ2n) is 4.81. The van der Waals surface area contributed by atoms with Gasteiger partial charge in [0.05, 0.1) is 28.0 Å². The summed E-state index contributed by atoms with van der Waals surface area (Å²) >= 11 is 4.87. The maximum Gasteiger partial charge on any atom is 0.211 e. The van der Waals surface area contributed by atoms with Gasteiger partial charge in [-0.1, -0.05) is 23.5 Å². The number of thiazole rings is 1. The summed E-state index contributed by atoms with van der Waals surface area (Å²) in [5.74, 6) is 0.450. The molecule has 0 aliphatic heterocycles. The topological polar surface area (TPSA) is 59.1 Å². The number of hydrogen-bond donors (Lipinski definition) is 1. The number of phenolic OH excluding ortho intramolecular Hbond substituents is 1. The Hall–Kier alpha value is -2.12. The fourth-order valence-electron chi connectivity index (χ4n) is 2.15. The zero-order chi connectivity index (χ0) is 16.4. The highest BCUT2D eigenvalue weighted by Gasteiger charge is 2.07. The summed E-state index contributed by atoms with van der Waals surface area (Å²) in [5.41, 5.74) is 1.90. The third-order valence-electron chi connectivity index (χ3n) is 3.34. The van der Waals surface area contributed by atoms with Gasteiger partial charge < -0.3 is 14.4 Å². The number of ether oxygens (including phenoxy) is 1. The molecule has 0 atom stereocenters. The Labute approximate surface area is 145 Å². The van der Waals surface area contributed by atoms with E-state index in [1.54, 1.807) is 29.7 Å². The van der Waals surface area contributed by atoms with Crippen LogP contribution in [0.3, 0.4) is 0 Å². The Morgan fingerprint density at radius 2 is 2.09 bits per heavy atom. The van der Waals surface area contributed by atoms with Crippen LogP contribution in [0.2, 0.25) is 0 Å². The summed E-state index contributed by atoms with van der Waals surface area (Å²) in [7, 11) is 3.47. The van der Waals surface area contributed by atoms with E-state index < -0.39 is 0 Å². The molecule has 0 saturated carbocycles. The zero-order valence-corrected chi connectivity index (χ0v) is 14.9. The van der Waals surface area contributed by atoms with Gasteiger partial charge in [0.2, 0.25) is 4.80 Å². The molecule has 0 spiro atoms. The molecule has 1 aromatic heterocycles. The Morgan fingerprint density at radius 3 is 2.83 bits per heavy atom. The Bertz CT molecular complexity index is 960. The lowest BCUT2D eigenvalue weighted by Crippen LogP contribution is -2.08. The fourth-order valence-corrected chi connectivity index (χ4v) is 3.58. The van der Waals surface area contributed by atoms with Gasteiger partial charge in [0.1, 0.15) is 0 Å². The van der Waals surface area contributed by atoms with Crippen molar-refractivity contribution in [1.82, 2.24) is 4.57 Å². The smallest absolute Gasteiger partial charge is 0.211 e. The maximum absolute atomic E-state index is 9.80. The first kappa shape index (κ1) is 15.8. The molecule has 2 aromatic carbocycles. The zero-order valence-electron chi connectivity index (χ0n) is 12.5. The molecule has 7 heteroatoms. The molecule has 0 unspecified atom stereocenters. The van der Waals surface area contributed by atoms with Gasteiger partial charge in [0.25, 0.3) is 0 Å². The first-order chi connectivity index (χ1) is 11.1. The first-order valence-electron chi connectivity index (χ1n) is 6.78. The second kappa shape index (κ2) is 6.55. The highest BCUT2D eigenvalue weighted by atomic mass is 79.9. The first-order valence-corrected chi connectivity index (χ1v) is 8.39. The molecule has 0 amide bonds. The lowest BCUT2D eigenvalue weighted by molar-refractivity contribution is 0.372. The van der Waals surface area contributed by atoms with Crippen LogP contribution in [0, 0.1) is 0 Å². The molecule has 0 radical (unpaired) electrons. The summed E-state index contributed by atoms with van der Waals surface area (Å²) in [5, 5.41) is 18.2. The molecule has 118 valence electrons. The van der Waals surface area contributed by atoms with E-state index >= 15 is 0 Å². The van der Waals surface area contributed by atoms with Gasteiger partial charge in [-0.2, -0.15) is 5.10 Å². The highest BCUT2D eigenvalue weighted by Crippen LogP contribution is 2.34. The van der Waals surface area contributed by atoms with Crippen molar-refractivity contribution in [2.24, 2.45) is 17.3 Å². The van der Waals surface area contributed by atoms with Crippen molar-refractivity contribution in [2.45, 2.75) is 0 Å². The van der Waals surface area contributed by atoms with Crippen LogP contribution in [-0.2, 0) is 7.05 Å². The molecule has 0 aliphatic carbocycles. The van der Waals surface area contributed by atoms with Crippen LogP contribution < -0.4 is 9.54 Å². The highest BCUT2D eigenvalue weighted by molar-refractivity contribution is 9.10.